The molecule has 0 bridgehead atoms. The molecular weight excluding hydrogens is 540 g/mol. The van der Waals surface area contributed by atoms with E-state index in [1.807, 2.05) is 77.8 Å². The molecular formula is C35H42N2O4Si. The number of aliphatic hydroxyl groups excluding tert-OH is 2. The highest BCUT2D eigenvalue weighted by Crippen LogP contribution is 2.37. The highest BCUT2D eigenvalue weighted by atomic mass is 28.4. The Morgan fingerprint density at radius 3 is 1.55 bits per heavy atom. The first kappa shape index (κ1) is 30.2. The maximum atomic E-state index is 11.2. The van der Waals surface area contributed by atoms with Crippen molar-refractivity contribution in [2.24, 2.45) is 0 Å². The molecule has 1 saturated heterocycles. The predicted octanol–water partition coefficient (Wildman–Crippen LogP) is 4.78. The zero-order chi connectivity index (χ0) is 29.7. The lowest BCUT2D eigenvalue weighted by atomic mass is 10.0. The Morgan fingerprint density at radius 2 is 1.17 bits per heavy atom. The van der Waals surface area contributed by atoms with Crippen LogP contribution in [-0.4, -0.2) is 55.6 Å². The third kappa shape index (κ3) is 6.08. The number of rotatable bonds is 10. The number of hydrogen-bond acceptors (Lipinski definition) is 6. The second-order valence-electron chi connectivity index (χ2n) is 12.0. The zero-order valence-corrected chi connectivity index (χ0v) is 25.8. The van der Waals surface area contributed by atoms with Crippen molar-refractivity contribution in [3.63, 3.8) is 0 Å². The van der Waals surface area contributed by atoms with E-state index in [-0.39, 0.29) is 11.6 Å². The Kier molecular flexibility index (Phi) is 9.28. The zero-order valence-electron chi connectivity index (χ0n) is 24.8. The maximum absolute atomic E-state index is 11.2. The topological polar surface area (TPSA) is 74.2 Å². The van der Waals surface area contributed by atoms with Crippen LogP contribution >= 0.6 is 0 Å². The number of hydrazine groups is 1. The van der Waals surface area contributed by atoms with Crippen LogP contribution in [0.15, 0.2) is 121 Å². The Morgan fingerprint density at radius 1 is 0.738 bits per heavy atom. The summed E-state index contributed by atoms with van der Waals surface area (Å²) in [5, 5.41) is 26.0. The van der Waals surface area contributed by atoms with Crippen molar-refractivity contribution in [2.75, 3.05) is 11.6 Å². The highest BCUT2D eigenvalue weighted by molar-refractivity contribution is 6.99. The molecule has 3 N–H and O–H groups in total. The lowest BCUT2D eigenvalue weighted by molar-refractivity contribution is -0.0180. The monoisotopic (exact) mass is 582 g/mol. The van der Waals surface area contributed by atoms with Crippen molar-refractivity contribution in [2.45, 2.75) is 63.2 Å². The standard InChI is InChI=1S/C35H42N2O4Si/c1-26-32(38)33(39)34(41-26)31(36-37(27-17-9-5-10-18-27)28-19-11-6-12-20-28)25-40-42(35(2,3)4,29-21-13-7-14-22-29)30-23-15-8-16-24-30/h5-24,26,31-34,36,38-39H,25H2,1-4H3/t26-,31+,32+,33-,34-/m0/s1. The van der Waals surface area contributed by atoms with E-state index in [9.17, 15) is 10.2 Å². The molecule has 5 atom stereocenters. The van der Waals surface area contributed by atoms with Crippen molar-refractivity contribution in [3.8, 4) is 0 Å². The lowest BCUT2D eigenvalue weighted by Crippen LogP contribution is -2.68. The van der Waals surface area contributed by atoms with E-state index >= 15 is 0 Å². The molecule has 0 aromatic heterocycles. The van der Waals surface area contributed by atoms with Crippen molar-refractivity contribution < 1.29 is 19.4 Å². The average Bonchev–Trinajstić information content (AvgIpc) is 3.27. The molecule has 6 nitrogen and oxygen atoms in total. The molecule has 42 heavy (non-hydrogen) atoms. The number of nitrogens with one attached hydrogen (secondary N) is 1. The van der Waals surface area contributed by atoms with Crippen LogP contribution in [0.4, 0.5) is 11.4 Å². The van der Waals surface area contributed by atoms with Crippen LogP contribution in [0.1, 0.15) is 27.7 Å². The van der Waals surface area contributed by atoms with Crippen LogP contribution in [0.2, 0.25) is 5.04 Å². The van der Waals surface area contributed by atoms with Crippen LogP contribution in [0.3, 0.4) is 0 Å². The third-order valence-electron chi connectivity index (χ3n) is 8.16. The maximum Gasteiger partial charge on any atom is 0.261 e. The minimum absolute atomic E-state index is 0.221. The molecule has 0 amide bonds. The minimum Gasteiger partial charge on any atom is -0.406 e. The molecule has 1 aliphatic heterocycles. The van der Waals surface area contributed by atoms with Gasteiger partial charge in [-0.1, -0.05) is 118 Å². The smallest absolute Gasteiger partial charge is 0.261 e. The van der Waals surface area contributed by atoms with Gasteiger partial charge in [0.2, 0.25) is 0 Å². The van der Waals surface area contributed by atoms with Crippen molar-refractivity contribution >= 4 is 30.1 Å². The molecule has 0 saturated carbocycles. The lowest BCUT2D eigenvalue weighted by Gasteiger charge is -2.44. The first-order valence-electron chi connectivity index (χ1n) is 14.7. The Bertz CT molecular complexity index is 1310. The largest absolute Gasteiger partial charge is 0.406 e. The molecule has 1 heterocycles. The van der Waals surface area contributed by atoms with Crippen LogP contribution < -0.4 is 20.8 Å². The average molecular weight is 583 g/mol. The number of para-hydroxylation sites is 2. The Hall–Kier alpha value is -3.30. The molecule has 0 radical (unpaired) electrons. The number of ether oxygens (including phenoxy) is 1. The van der Waals surface area contributed by atoms with Crippen LogP contribution in [-0.2, 0) is 9.16 Å². The summed E-state index contributed by atoms with van der Waals surface area (Å²) in [7, 11) is -2.89. The highest BCUT2D eigenvalue weighted by Gasteiger charge is 2.52. The first-order valence-corrected chi connectivity index (χ1v) is 16.6. The van der Waals surface area contributed by atoms with Crippen LogP contribution in [0.25, 0.3) is 0 Å². The molecule has 0 spiro atoms. The van der Waals surface area contributed by atoms with E-state index in [1.54, 1.807) is 6.92 Å². The van der Waals surface area contributed by atoms with Gasteiger partial charge in [-0.3, -0.25) is 5.01 Å². The van der Waals surface area contributed by atoms with E-state index in [4.69, 9.17) is 9.16 Å². The van der Waals surface area contributed by atoms with Crippen molar-refractivity contribution in [1.29, 1.82) is 0 Å². The molecule has 4 aromatic rings. The molecule has 1 fully saturated rings. The van der Waals surface area contributed by atoms with Gasteiger partial charge < -0.3 is 19.4 Å². The van der Waals surface area contributed by atoms with Crippen LogP contribution in [0, 0.1) is 0 Å². The molecule has 7 heteroatoms. The summed E-state index contributed by atoms with van der Waals surface area (Å²) in [5.74, 6) is 0. The van der Waals surface area contributed by atoms with Gasteiger partial charge in [0.15, 0.2) is 0 Å². The molecule has 5 rings (SSSR count). The van der Waals surface area contributed by atoms with E-state index in [1.165, 1.54) is 10.4 Å². The van der Waals surface area contributed by atoms with Gasteiger partial charge in [0, 0.05) is 0 Å². The fourth-order valence-electron chi connectivity index (χ4n) is 6.01. The summed E-state index contributed by atoms with van der Waals surface area (Å²) in [6.45, 7) is 8.77. The summed E-state index contributed by atoms with van der Waals surface area (Å²) < 4.78 is 13.5. The summed E-state index contributed by atoms with van der Waals surface area (Å²) in [6, 6.07) is 40.6. The predicted molar refractivity (Wildman–Crippen MR) is 172 cm³/mol. The number of anilines is 2. The minimum atomic E-state index is -2.89. The van der Waals surface area contributed by atoms with Gasteiger partial charge in [-0.15, -0.1) is 0 Å². The van der Waals surface area contributed by atoms with Gasteiger partial charge in [0.25, 0.3) is 8.32 Å². The van der Waals surface area contributed by atoms with E-state index in [2.05, 4.69) is 74.7 Å². The Balaban J connectivity index is 1.58. The molecule has 1 aliphatic rings. The summed E-state index contributed by atoms with van der Waals surface area (Å²) >= 11 is 0. The number of aliphatic hydroxyl groups is 2. The summed E-state index contributed by atoms with van der Waals surface area (Å²) in [5.41, 5.74) is 5.52. The Labute approximate surface area is 250 Å². The van der Waals surface area contributed by atoms with Gasteiger partial charge >= 0.3 is 0 Å². The van der Waals surface area contributed by atoms with Crippen LogP contribution in [0.5, 0.6) is 0 Å². The fourth-order valence-corrected chi connectivity index (χ4v) is 10.6. The number of nitrogens with zero attached hydrogens (tertiary/aromatic N) is 1. The van der Waals surface area contributed by atoms with Crippen molar-refractivity contribution in [3.05, 3.63) is 121 Å². The summed E-state index contributed by atoms with van der Waals surface area (Å²) in [4.78, 5) is 0. The van der Waals surface area contributed by atoms with E-state index in [0.717, 1.165) is 11.4 Å². The molecule has 220 valence electrons. The summed E-state index contributed by atoms with van der Waals surface area (Å²) in [6.07, 6.45) is -3.28. The van der Waals surface area contributed by atoms with E-state index in [0.29, 0.717) is 0 Å². The SMILES string of the molecule is C[C@@H]1O[C@@H]([C@@H](CO[Si](c2ccccc2)(c2ccccc2)C(C)(C)C)NN(c2ccccc2)c2ccccc2)[C@@H](O)[C@@H]1O. The number of benzene rings is 4. The second-order valence-corrected chi connectivity index (χ2v) is 16.3. The molecule has 0 aliphatic carbocycles. The molecule has 4 aromatic carbocycles. The van der Waals surface area contributed by atoms with Gasteiger partial charge in [0.1, 0.15) is 18.3 Å². The molecule has 0 unspecified atom stereocenters. The second kappa shape index (κ2) is 12.9. The van der Waals surface area contributed by atoms with Gasteiger partial charge in [-0.05, 0) is 46.6 Å². The van der Waals surface area contributed by atoms with Crippen molar-refractivity contribution in [1.82, 2.24) is 5.43 Å². The van der Waals surface area contributed by atoms with E-state index < -0.39 is 38.8 Å². The van der Waals surface area contributed by atoms with Gasteiger partial charge in [0.05, 0.1) is 30.1 Å². The normalized spacial score (nSPS) is 21.7. The van der Waals surface area contributed by atoms with Gasteiger partial charge in [-0.2, -0.15) is 0 Å². The quantitative estimate of drug-likeness (QED) is 0.185. The fraction of sp³-hybridized carbons (Fsp3) is 0.314. The third-order valence-corrected chi connectivity index (χ3v) is 13.2. The van der Waals surface area contributed by atoms with Gasteiger partial charge in [-0.25, -0.2) is 5.43 Å². The number of hydrogen-bond donors (Lipinski definition) is 3. The first-order chi connectivity index (χ1) is 20.2.